The molecule has 1 atom stereocenters. The van der Waals surface area contributed by atoms with Gasteiger partial charge in [-0.05, 0) is 35.9 Å². The number of carbonyl (C=O) groups excluding carboxylic acids is 2. The number of methoxy groups -OCH3 is 2. The Bertz CT molecular complexity index is 1280. The summed E-state index contributed by atoms with van der Waals surface area (Å²) in [6, 6.07) is 9.47. The summed E-state index contributed by atoms with van der Waals surface area (Å²) in [6.07, 6.45) is 2.92. The summed E-state index contributed by atoms with van der Waals surface area (Å²) < 4.78 is 38.0. The molecule has 168 valence electrons. The zero-order valence-electron chi connectivity index (χ0n) is 17.6. The number of pyridine rings is 1. The number of hydrogen-bond donors (Lipinski definition) is 1. The Morgan fingerprint density at radius 3 is 2.45 bits per heavy atom. The largest absolute Gasteiger partial charge is 0.507 e. The highest BCUT2D eigenvalue weighted by atomic mass is 19.2. The number of aliphatic hydroxyl groups excluding tert-OH is 1. The molecule has 1 fully saturated rings. The molecule has 9 heteroatoms. The van der Waals surface area contributed by atoms with Crippen LogP contribution in [0.5, 0.6) is 11.5 Å². The molecular weight excluding hydrogens is 434 g/mol. The summed E-state index contributed by atoms with van der Waals surface area (Å²) in [6.45, 7) is 0. The number of benzene rings is 2. The molecule has 1 aromatic heterocycles. The topological polar surface area (TPSA) is 89.0 Å². The monoisotopic (exact) mass is 452 g/mol. The van der Waals surface area contributed by atoms with Gasteiger partial charge >= 0.3 is 0 Å². The number of aliphatic hydroxyl groups is 1. The van der Waals surface area contributed by atoms with Gasteiger partial charge in [0.15, 0.2) is 11.6 Å². The van der Waals surface area contributed by atoms with Crippen LogP contribution in [0.3, 0.4) is 0 Å². The van der Waals surface area contributed by atoms with Gasteiger partial charge in [0.1, 0.15) is 17.3 Å². The van der Waals surface area contributed by atoms with E-state index in [9.17, 15) is 23.5 Å². The molecule has 3 aromatic rings. The molecule has 0 bridgehead atoms. The lowest BCUT2D eigenvalue weighted by molar-refractivity contribution is -0.132. The van der Waals surface area contributed by atoms with Gasteiger partial charge in [0.05, 0.1) is 31.4 Å². The zero-order chi connectivity index (χ0) is 23.7. The lowest BCUT2D eigenvalue weighted by atomic mass is 9.95. The molecule has 1 N–H and O–H groups in total. The van der Waals surface area contributed by atoms with E-state index >= 15 is 0 Å². The predicted molar refractivity (Wildman–Crippen MR) is 115 cm³/mol. The second-order valence-electron chi connectivity index (χ2n) is 7.12. The van der Waals surface area contributed by atoms with Crippen LogP contribution in [0.4, 0.5) is 14.5 Å². The summed E-state index contributed by atoms with van der Waals surface area (Å²) in [5.74, 6) is -4.13. The summed E-state index contributed by atoms with van der Waals surface area (Å²) >= 11 is 0. The number of amides is 1. The fourth-order valence-corrected chi connectivity index (χ4v) is 3.73. The second kappa shape index (κ2) is 8.70. The molecule has 2 heterocycles. The van der Waals surface area contributed by atoms with Crippen molar-refractivity contribution in [3.8, 4) is 11.5 Å². The Balaban J connectivity index is 1.96. The second-order valence-corrected chi connectivity index (χ2v) is 7.12. The Hall–Kier alpha value is -4.27. The maximum absolute atomic E-state index is 14.0. The molecule has 33 heavy (non-hydrogen) atoms. The number of rotatable bonds is 5. The first kappa shape index (κ1) is 21.9. The summed E-state index contributed by atoms with van der Waals surface area (Å²) in [4.78, 5) is 31.2. The van der Waals surface area contributed by atoms with Crippen molar-refractivity contribution in [3.05, 3.63) is 89.3 Å². The van der Waals surface area contributed by atoms with E-state index in [4.69, 9.17) is 9.47 Å². The first-order valence-electron chi connectivity index (χ1n) is 9.75. The number of aromatic nitrogens is 1. The highest BCUT2D eigenvalue weighted by Gasteiger charge is 2.47. The molecule has 7 nitrogen and oxygen atoms in total. The summed E-state index contributed by atoms with van der Waals surface area (Å²) in [5.41, 5.74) is 0.234. The number of carbonyl (C=O) groups is 2. The van der Waals surface area contributed by atoms with Crippen molar-refractivity contribution in [1.82, 2.24) is 4.98 Å². The van der Waals surface area contributed by atoms with E-state index in [1.165, 1.54) is 44.8 Å². The van der Waals surface area contributed by atoms with Crippen LogP contribution in [-0.4, -0.2) is 36.0 Å². The molecule has 1 aliphatic rings. The average molecular weight is 452 g/mol. The minimum absolute atomic E-state index is 0.0504. The third kappa shape index (κ3) is 3.78. The van der Waals surface area contributed by atoms with Gasteiger partial charge in [-0.2, -0.15) is 0 Å². The molecule has 0 aliphatic carbocycles. The summed E-state index contributed by atoms with van der Waals surface area (Å²) in [5, 5.41) is 11.2. The van der Waals surface area contributed by atoms with Crippen molar-refractivity contribution >= 4 is 23.1 Å². The maximum Gasteiger partial charge on any atom is 0.300 e. The van der Waals surface area contributed by atoms with Gasteiger partial charge in [0.25, 0.3) is 11.7 Å². The number of hydrogen-bond acceptors (Lipinski definition) is 6. The Labute approximate surface area is 187 Å². The minimum atomic E-state index is -1.18. The van der Waals surface area contributed by atoms with E-state index in [-0.39, 0.29) is 22.6 Å². The third-order valence-electron chi connectivity index (χ3n) is 5.29. The van der Waals surface area contributed by atoms with Crippen LogP contribution in [0.2, 0.25) is 0 Å². The molecule has 1 unspecified atom stereocenters. The van der Waals surface area contributed by atoms with E-state index < -0.39 is 35.1 Å². The first-order chi connectivity index (χ1) is 15.9. The SMILES string of the molecule is COc1ccc(/C(O)=C2/C(=O)C(=O)N(c3ccc(F)c(F)c3)C2c2cccnc2)c(OC)c1. The normalized spacial score (nSPS) is 17.3. The van der Waals surface area contributed by atoms with E-state index in [0.29, 0.717) is 11.3 Å². The lowest BCUT2D eigenvalue weighted by Gasteiger charge is -2.25. The molecule has 1 saturated heterocycles. The van der Waals surface area contributed by atoms with Gasteiger partial charge in [-0.25, -0.2) is 8.78 Å². The maximum atomic E-state index is 14.0. The van der Waals surface area contributed by atoms with Crippen molar-refractivity contribution in [3.63, 3.8) is 0 Å². The van der Waals surface area contributed by atoms with Crippen molar-refractivity contribution in [2.45, 2.75) is 6.04 Å². The van der Waals surface area contributed by atoms with Crippen LogP contribution in [-0.2, 0) is 9.59 Å². The number of Topliss-reactive ketones (excluding diaryl/α,β-unsaturated/α-hetero) is 1. The van der Waals surface area contributed by atoms with Crippen LogP contribution in [0.1, 0.15) is 17.2 Å². The quantitative estimate of drug-likeness (QED) is 0.358. The Morgan fingerprint density at radius 1 is 1.03 bits per heavy atom. The number of halogens is 2. The van der Waals surface area contributed by atoms with Gasteiger partial charge in [0, 0.05) is 30.2 Å². The van der Waals surface area contributed by atoms with Gasteiger partial charge in [-0.1, -0.05) is 6.07 Å². The van der Waals surface area contributed by atoms with Crippen LogP contribution >= 0.6 is 0 Å². The molecule has 1 amide bonds. The molecule has 0 saturated carbocycles. The van der Waals surface area contributed by atoms with E-state index in [1.54, 1.807) is 18.2 Å². The van der Waals surface area contributed by atoms with Crippen molar-refractivity contribution in [2.24, 2.45) is 0 Å². The Kier molecular flexibility index (Phi) is 5.78. The van der Waals surface area contributed by atoms with Gasteiger partial charge in [-0.15, -0.1) is 0 Å². The van der Waals surface area contributed by atoms with E-state index in [0.717, 1.165) is 17.0 Å². The van der Waals surface area contributed by atoms with Gasteiger partial charge in [-0.3, -0.25) is 19.5 Å². The molecule has 4 rings (SSSR count). The standard InChI is InChI=1S/C24H18F2N2O5/c1-32-15-6-7-16(19(11-15)33-2)22(29)20-21(13-4-3-9-27-12-13)28(24(31)23(20)30)14-5-8-17(25)18(26)10-14/h3-12,21,29H,1-2H3/b22-20-. The minimum Gasteiger partial charge on any atom is -0.507 e. The average Bonchev–Trinajstić information content (AvgIpc) is 3.11. The molecule has 0 radical (unpaired) electrons. The first-order valence-corrected chi connectivity index (χ1v) is 9.75. The van der Waals surface area contributed by atoms with E-state index in [2.05, 4.69) is 4.98 Å². The Morgan fingerprint density at radius 2 is 1.82 bits per heavy atom. The highest BCUT2D eigenvalue weighted by molar-refractivity contribution is 6.51. The number of ketones is 1. The molecular formula is C24H18F2N2O5. The molecule has 2 aromatic carbocycles. The van der Waals surface area contributed by atoms with Crippen LogP contribution in [0.15, 0.2) is 66.5 Å². The smallest absolute Gasteiger partial charge is 0.300 e. The fourth-order valence-electron chi connectivity index (χ4n) is 3.73. The number of ether oxygens (including phenoxy) is 2. The highest BCUT2D eigenvalue weighted by Crippen LogP contribution is 2.43. The van der Waals surface area contributed by atoms with Crippen molar-refractivity contribution < 1.29 is 33.0 Å². The number of nitrogens with zero attached hydrogens (tertiary/aromatic N) is 2. The van der Waals surface area contributed by atoms with Crippen molar-refractivity contribution in [2.75, 3.05) is 19.1 Å². The third-order valence-corrected chi connectivity index (χ3v) is 5.29. The van der Waals surface area contributed by atoms with Crippen LogP contribution in [0.25, 0.3) is 5.76 Å². The summed E-state index contributed by atoms with van der Waals surface area (Å²) in [7, 11) is 2.84. The van der Waals surface area contributed by atoms with E-state index in [1.807, 2.05) is 0 Å². The molecule has 1 aliphatic heterocycles. The van der Waals surface area contributed by atoms with Gasteiger partial charge < -0.3 is 14.6 Å². The lowest BCUT2D eigenvalue weighted by Crippen LogP contribution is -2.29. The molecule has 0 spiro atoms. The fraction of sp³-hybridized carbons (Fsp3) is 0.125. The van der Waals surface area contributed by atoms with Crippen molar-refractivity contribution in [1.29, 1.82) is 0 Å². The number of anilines is 1. The van der Waals surface area contributed by atoms with Gasteiger partial charge in [0.2, 0.25) is 0 Å². The zero-order valence-corrected chi connectivity index (χ0v) is 17.6. The van der Waals surface area contributed by atoms with Crippen LogP contribution in [0, 0.1) is 11.6 Å². The van der Waals surface area contributed by atoms with Crippen LogP contribution < -0.4 is 14.4 Å². The predicted octanol–water partition coefficient (Wildman–Crippen LogP) is 4.00.